The van der Waals surface area contributed by atoms with Gasteiger partial charge in [-0.15, -0.1) is 0 Å². The molecule has 0 unspecified atom stereocenters. The highest BCUT2D eigenvalue weighted by molar-refractivity contribution is 5.93. The van der Waals surface area contributed by atoms with Crippen molar-refractivity contribution < 1.29 is 22.7 Å². The Morgan fingerprint density at radius 3 is 2.24 bits per heavy atom. The first kappa shape index (κ1) is 18.8. The Labute approximate surface area is 144 Å². The summed E-state index contributed by atoms with van der Waals surface area (Å²) in [6.07, 6.45) is -4.34. The van der Waals surface area contributed by atoms with Crippen molar-refractivity contribution in [3.8, 4) is 5.75 Å². The SMILES string of the molecule is CNC(=O)c1ccc(CNCCOc2ccc(C(F)(F)F)cc2)cc1. The van der Waals surface area contributed by atoms with Gasteiger partial charge in [0.25, 0.3) is 5.91 Å². The second kappa shape index (κ2) is 8.53. The van der Waals surface area contributed by atoms with E-state index in [0.29, 0.717) is 31.0 Å². The van der Waals surface area contributed by atoms with Crippen LogP contribution in [0.3, 0.4) is 0 Å². The van der Waals surface area contributed by atoms with Gasteiger partial charge < -0.3 is 15.4 Å². The maximum atomic E-state index is 12.4. The van der Waals surface area contributed by atoms with Crippen molar-refractivity contribution in [2.24, 2.45) is 0 Å². The average Bonchev–Trinajstić information content (AvgIpc) is 2.61. The molecule has 2 aromatic carbocycles. The second-order valence-corrected chi connectivity index (χ2v) is 5.32. The molecule has 25 heavy (non-hydrogen) atoms. The van der Waals surface area contributed by atoms with Crippen molar-refractivity contribution in [1.82, 2.24) is 10.6 Å². The summed E-state index contributed by atoms with van der Waals surface area (Å²) in [4.78, 5) is 11.4. The second-order valence-electron chi connectivity index (χ2n) is 5.32. The van der Waals surface area contributed by atoms with Crippen LogP contribution in [0.15, 0.2) is 48.5 Å². The van der Waals surface area contributed by atoms with E-state index in [1.807, 2.05) is 12.1 Å². The van der Waals surface area contributed by atoms with Gasteiger partial charge in [-0.1, -0.05) is 12.1 Å². The number of amides is 1. The number of ether oxygens (including phenoxy) is 1. The summed E-state index contributed by atoms with van der Waals surface area (Å²) in [6, 6.07) is 11.8. The van der Waals surface area contributed by atoms with E-state index in [1.165, 1.54) is 12.1 Å². The van der Waals surface area contributed by atoms with Gasteiger partial charge >= 0.3 is 6.18 Å². The van der Waals surface area contributed by atoms with Crippen LogP contribution in [0.4, 0.5) is 13.2 Å². The summed E-state index contributed by atoms with van der Waals surface area (Å²) >= 11 is 0. The molecule has 0 heterocycles. The van der Waals surface area contributed by atoms with Crippen molar-refractivity contribution in [3.05, 3.63) is 65.2 Å². The van der Waals surface area contributed by atoms with Crippen molar-refractivity contribution in [2.75, 3.05) is 20.2 Å². The van der Waals surface area contributed by atoms with Gasteiger partial charge in [0.05, 0.1) is 5.56 Å². The van der Waals surface area contributed by atoms with Gasteiger partial charge in [0.15, 0.2) is 0 Å². The zero-order valence-corrected chi connectivity index (χ0v) is 13.7. The molecular formula is C18H19F3N2O2. The molecule has 0 aliphatic heterocycles. The third-order valence-electron chi connectivity index (χ3n) is 3.50. The summed E-state index contributed by atoms with van der Waals surface area (Å²) in [5.74, 6) is 0.259. The lowest BCUT2D eigenvalue weighted by Gasteiger charge is -2.10. The lowest BCUT2D eigenvalue weighted by Crippen LogP contribution is -2.21. The summed E-state index contributed by atoms with van der Waals surface area (Å²) in [7, 11) is 1.58. The maximum Gasteiger partial charge on any atom is 0.416 e. The molecule has 0 bridgehead atoms. The molecule has 4 nitrogen and oxygen atoms in total. The molecule has 0 saturated heterocycles. The Morgan fingerprint density at radius 1 is 1.04 bits per heavy atom. The molecule has 0 radical (unpaired) electrons. The molecule has 7 heteroatoms. The van der Waals surface area contributed by atoms with Gasteiger partial charge in [0, 0.05) is 25.7 Å². The van der Waals surface area contributed by atoms with E-state index >= 15 is 0 Å². The van der Waals surface area contributed by atoms with Crippen LogP contribution in [0.2, 0.25) is 0 Å². The van der Waals surface area contributed by atoms with Crippen LogP contribution >= 0.6 is 0 Å². The molecule has 0 aliphatic rings. The highest BCUT2D eigenvalue weighted by Crippen LogP contribution is 2.30. The van der Waals surface area contributed by atoms with Crippen molar-refractivity contribution >= 4 is 5.91 Å². The van der Waals surface area contributed by atoms with E-state index < -0.39 is 11.7 Å². The first-order chi connectivity index (χ1) is 11.9. The third kappa shape index (κ3) is 5.79. The van der Waals surface area contributed by atoms with E-state index in [2.05, 4.69) is 10.6 Å². The van der Waals surface area contributed by atoms with Gasteiger partial charge in [-0.2, -0.15) is 13.2 Å². The fourth-order valence-corrected chi connectivity index (χ4v) is 2.13. The van der Waals surface area contributed by atoms with E-state index in [1.54, 1.807) is 19.2 Å². The van der Waals surface area contributed by atoms with E-state index in [0.717, 1.165) is 17.7 Å². The van der Waals surface area contributed by atoms with Crippen molar-refractivity contribution in [3.63, 3.8) is 0 Å². The van der Waals surface area contributed by atoms with Gasteiger partial charge in [-0.25, -0.2) is 0 Å². The Balaban J connectivity index is 1.70. The van der Waals surface area contributed by atoms with Crippen LogP contribution in [-0.2, 0) is 12.7 Å². The molecule has 2 rings (SSSR count). The number of hydrogen-bond acceptors (Lipinski definition) is 3. The minimum Gasteiger partial charge on any atom is -0.492 e. The van der Waals surface area contributed by atoms with Gasteiger partial charge in [0.1, 0.15) is 12.4 Å². The predicted octanol–water partition coefficient (Wildman–Crippen LogP) is 3.23. The Morgan fingerprint density at radius 2 is 1.68 bits per heavy atom. The lowest BCUT2D eigenvalue weighted by atomic mass is 10.1. The topological polar surface area (TPSA) is 50.4 Å². The number of halogens is 3. The molecular weight excluding hydrogens is 333 g/mol. The standard InChI is InChI=1S/C18H19F3N2O2/c1-22-17(24)14-4-2-13(3-5-14)12-23-10-11-25-16-8-6-15(7-9-16)18(19,20)21/h2-9,23H,10-12H2,1H3,(H,22,24). The van der Waals surface area contributed by atoms with E-state index in [4.69, 9.17) is 4.74 Å². The average molecular weight is 352 g/mol. The third-order valence-corrected chi connectivity index (χ3v) is 3.50. The number of alkyl halides is 3. The molecule has 1 amide bonds. The van der Waals surface area contributed by atoms with E-state index in [9.17, 15) is 18.0 Å². The molecule has 0 aliphatic carbocycles. The van der Waals surface area contributed by atoms with Crippen molar-refractivity contribution in [1.29, 1.82) is 0 Å². The smallest absolute Gasteiger partial charge is 0.416 e. The number of carbonyl (C=O) groups excluding carboxylic acids is 1. The number of hydrogen-bond donors (Lipinski definition) is 2. The molecule has 0 saturated carbocycles. The van der Waals surface area contributed by atoms with Gasteiger partial charge in [0.2, 0.25) is 0 Å². The first-order valence-corrected chi connectivity index (χ1v) is 7.72. The number of benzene rings is 2. The fraction of sp³-hybridized carbons (Fsp3) is 0.278. The van der Waals surface area contributed by atoms with Gasteiger partial charge in [-0.3, -0.25) is 4.79 Å². The molecule has 0 aromatic heterocycles. The Kier molecular flexibility index (Phi) is 6.41. The van der Waals surface area contributed by atoms with Crippen LogP contribution in [-0.4, -0.2) is 26.1 Å². The molecule has 0 atom stereocenters. The molecule has 0 fully saturated rings. The number of nitrogens with one attached hydrogen (secondary N) is 2. The zero-order valence-electron chi connectivity index (χ0n) is 13.7. The maximum absolute atomic E-state index is 12.4. The molecule has 134 valence electrons. The lowest BCUT2D eigenvalue weighted by molar-refractivity contribution is -0.137. The van der Waals surface area contributed by atoms with Crippen LogP contribution < -0.4 is 15.4 Å². The highest BCUT2D eigenvalue weighted by atomic mass is 19.4. The first-order valence-electron chi connectivity index (χ1n) is 7.72. The summed E-state index contributed by atoms with van der Waals surface area (Å²) in [6.45, 7) is 1.48. The minimum absolute atomic E-state index is 0.135. The van der Waals surface area contributed by atoms with Crippen molar-refractivity contribution in [2.45, 2.75) is 12.7 Å². The Bertz CT molecular complexity index is 683. The highest BCUT2D eigenvalue weighted by Gasteiger charge is 2.29. The summed E-state index contributed by atoms with van der Waals surface area (Å²) in [5.41, 5.74) is 0.914. The number of carbonyl (C=O) groups is 1. The predicted molar refractivity (Wildman–Crippen MR) is 88.5 cm³/mol. The number of rotatable bonds is 7. The van der Waals surface area contributed by atoms with Crippen LogP contribution in [0, 0.1) is 0 Å². The molecule has 2 N–H and O–H groups in total. The van der Waals surface area contributed by atoms with E-state index in [-0.39, 0.29) is 5.91 Å². The zero-order chi connectivity index (χ0) is 18.3. The fourth-order valence-electron chi connectivity index (χ4n) is 2.13. The quantitative estimate of drug-likeness (QED) is 0.752. The van der Waals surface area contributed by atoms with Crippen LogP contribution in [0.1, 0.15) is 21.5 Å². The normalized spacial score (nSPS) is 11.2. The molecule has 2 aromatic rings. The summed E-state index contributed by atoms with van der Waals surface area (Å²) < 4.78 is 42.7. The minimum atomic E-state index is -4.34. The van der Waals surface area contributed by atoms with Gasteiger partial charge in [-0.05, 0) is 42.0 Å². The van der Waals surface area contributed by atoms with Crippen LogP contribution in [0.5, 0.6) is 5.75 Å². The summed E-state index contributed by atoms with van der Waals surface area (Å²) in [5, 5.41) is 5.72. The van der Waals surface area contributed by atoms with Crippen LogP contribution in [0.25, 0.3) is 0 Å². The monoisotopic (exact) mass is 352 g/mol. The Hall–Kier alpha value is -2.54. The largest absolute Gasteiger partial charge is 0.492 e. The molecule has 0 spiro atoms.